The van der Waals surface area contributed by atoms with Gasteiger partial charge in [0, 0.05) is 28.1 Å². The van der Waals surface area contributed by atoms with E-state index in [1.807, 2.05) is 18.8 Å². The van der Waals surface area contributed by atoms with E-state index < -0.39 is 0 Å². The predicted molar refractivity (Wildman–Crippen MR) is 47.5 cm³/mol. The second kappa shape index (κ2) is 6.02. The Balaban J connectivity index is 0.000001000. The van der Waals surface area contributed by atoms with Crippen molar-refractivity contribution in [3.8, 4) is 0 Å². The summed E-state index contributed by atoms with van der Waals surface area (Å²) in [6.45, 7) is 2.11. The monoisotopic (exact) mass is 338 g/mol. The van der Waals surface area contributed by atoms with Crippen LogP contribution in [0.4, 0.5) is 0 Å². The van der Waals surface area contributed by atoms with Crippen molar-refractivity contribution in [1.29, 1.82) is 0 Å². The van der Waals surface area contributed by atoms with Crippen molar-refractivity contribution in [2.45, 2.75) is 19.8 Å². The minimum Gasteiger partial charge on any atom is -0.376 e. The fourth-order valence-corrected chi connectivity index (χ4v) is 2.00. The van der Waals surface area contributed by atoms with E-state index in [0.29, 0.717) is 0 Å². The third kappa shape index (κ3) is 3.12. The number of hydrogen-bond acceptors (Lipinski definition) is 2. The molecule has 3 heteroatoms. The van der Waals surface area contributed by atoms with Gasteiger partial charge in [0.15, 0.2) is 0 Å². The zero-order valence-electron chi connectivity index (χ0n) is 6.89. The average Bonchev–Trinajstić information content (AvgIpc) is 2.36. The van der Waals surface area contributed by atoms with E-state index in [4.69, 9.17) is 0 Å². The molecule has 0 saturated carbocycles. The number of allylic oxidation sites excluding steroid dienone is 1. The van der Waals surface area contributed by atoms with Crippen molar-refractivity contribution in [2.24, 2.45) is 4.99 Å². The molecule has 11 heavy (non-hydrogen) atoms. The van der Waals surface area contributed by atoms with Crippen LogP contribution in [0.15, 0.2) is 10.6 Å². The molecule has 0 N–H and O–H groups in total. The molecule has 0 bridgehead atoms. The smallest absolute Gasteiger partial charge is 0.00812 e. The van der Waals surface area contributed by atoms with E-state index >= 15 is 0 Å². The Morgan fingerprint density at radius 2 is 2.36 bits per heavy atom. The minimum atomic E-state index is 0. The Morgan fingerprint density at radius 1 is 1.64 bits per heavy atom. The van der Waals surface area contributed by atoms with Gasteiger partial charge in [-0.15, -0.1) is 6.42 Å². The zero-order valence-corrected chi connectivity index (χ0v) is 10.6. The van der Waals surface area contributed by atoms with Gasteiger partial charge in [-0.05, 0) is 5.75 Å². The summed E-state index contributed by atoms with van der Waals surface area (Å²) in [7, 11) is 1.85. The van der Waals surface area contributed by atoms with Crippen molar-refractivity contribution >= 4 is 16.8 Å². The summed E-state index contributed by atoms with van der Waals surface area (Å²) in [5.74, 6) is 1.19. The number of nitrogens with zero attached hydrogens (tertiary/aromatic N) is 1. The van der Waals surface area contributed by atoms with Gasteiger partial charge in [-0.25, -0.2) is 11.8 Å². The molecule has 0 amide bonds. The maximum Gasteiger partial charge on any atom is 0.00812 e. The van der Waals surface area contributed by atoms with Gasteiger partial charge < -0.3 is 4.99 Å². The standard InChI is InChI=1S/C8H12NS.W/c1-3-4-7-5-6-10-8(7)9-2;/h3,5-6H2,1-2H3;/q-1;. The predicted octanol–water partition coefficient (Wildman–Crippen LogP) is 2.29. The van der Waals surface area contributed by atoms with Gasteiger partial charge in [0.05, 0.1) is 0 Å². The summed E-state index contributed by atoms with van der Waals surface area (Å²) in [6.07, 6.45) is 5.48. The van der Waals surface area contributed by atoms with Crippen molar-refractivity contribution in [3.63, 3.8) is 0 Å². The van der Waals surface area contributed by atoms with Crippen LogP contribution in [0.3, 0.4) is 0 Å². The maximum absolute atomic E-state index is 4.17. The Labute approximate surface area is 87.0 Å². The van der Waals surface area contributed by atoms with Crippen LogP contribution in [0.25, 0.3) is 0 Å². The zero-order chi connectivity index (χ0) is 7.40. The fraction of sp³-hybridized carbons (Fsp3) is 0.625. The third-order valence-electron chi connectivity index (χ3n) is 1.44. The molecule has 1 heterocycles. The number of hydrogen-bond donors (Lipinski definition) is 0. The first-order valence-electron chi connectivity index (χ1n) is 3.58. The molecular formula is C8H12NSW-. The summed E-state index contributed by atoms with van der Waals surface area (Å²) in [5, 5.41) is 1.20. The summed E-state index contributed by atoms with van der Waals surface area (Å²) >= 11 is 1.84. The van der Waals surface area contributed by atoms with E-state index in [1.54, 1.807) is 0 Å². The second-order valence-electron chi connectivity index (χ2n) is 2.14. The molecule has 0 unspecified atom stereocenters. The molecule has 0 radical (unpaired) electrons. The quantitative estimate of drug-likeness (QED) is 0.669. The third-order valence-corrected chi connectivity index (χ3v) is 2.55. The van der Waals surface area contributed by atoms with Crippen molar-refractivity contribution < 1.29 is 21.1 Å². The van der Waals surface area contributed by atoms with E-state index in [0.717, 1.165) is 12.8 Å². The van der Waals surface area contributed by atoms with Gasteiger partial charge in [-0.3, -0.25) is 6.08 Å². The summed E-state index contributed by atoms with van der Waals surface area (Å²) in [4.78, 5) is 4.17. The van der Waals surface area contributed by atoms with Gasteiger partial charge >= 0.3 is 0 Å². The molecule has 1 nitrogen and oxygen atoms in total. The molecule has 1 aliphatic rings. The van der Waals surface area contributed by atoms with Crippen LogP contribution < -0.4 is 0 Å². The molecule has 1 rings (SSSR count). The largest absolute Gasteiger partial charge is 0.376 e. The Hall–Kier alpha value is 0.448. The topological polar surface area (TPSA) is 12.4 Å². The first-order chi connectivity index (χ1) is 4.88. The Morgan fingerprint density at radius 3 is 2.91 bits per heavy atom. The molecule has 0 spiro atoms. The molecule has 0 aliphatic carbocycles. The second-order valence-corrected chi connectivity index (χ2v) is 3.22. The van der Waals surface area contributed by atoms with Crippen LogP contribution in [0.2, 0.25) is 0 Å². The van der Waals surface area contributed by atoms with Gasteiger partial charge in [-0.2, -0.15) is 5.57 Å². The van der Waals surface area contributed by atoms with Crippen molar-refractivity contribution in [2.75, 3.05) is 12.8 Å². The van der Waals surface area contributed by atoms with Crippen LogP contribution in [0.1, 0.15) is 19.8 Å². The molecule has 1 saturated heterocycles. The molecule has 0 aromatic carbocycles. The fourth-order valence-electron chi connectivity index (χ4n) is 1.02. The number of aliphatic imine (C=N–C) groups is 1. The van der Waals surface area contributed by atoms with Crippen molar-refractivity contribution in [3.05, 3.63) is 11.6 Å². The normalized spacial score (nSPS) is 24.2. The molecular weight excluding hydrogens is 326 g/mol. The number of thioether (sulfide) groups is 1. The van der Waals surface area contributed by atoms with Crippen LogP contribution >= 0.6 is 11.8 Å². The van der Waals surface area contributed by atoms with Gasteiger partial charge in [-0.1, -0.05) is 18.4 Å². The van der Waals surface area contributed by atoms with Gasteiger partial charge in [0.25, 0.3) is 0 Å². The van der Waals surface area contributed by atoms with Crippen LogP contribution in [0.5, 0.6) is 0 Å². The average molecular weight is 338 g/mol. The molecule has 0 aromatic heterocycles. The molecule has 0 atom stereocenters. The maximum atomic E-state index is 4.17. The first-order valence-corrected chi connectivity index (χ1v) is 4.56. The molecule has 0 aromatic rings. The molecule has 62 valence electrons. The summed E-state index contributed by atoms with van der Waals surface area (Å²) < 4.78 is 0. The van der Waals surface area contributed by atoms with Crippen LogP contribution in [0, 0.1) is 6.08 Å². The van der Waals surface area contributed by atoms with Gasteiger partial charge in [0.1, 0.15) is 0 Å². The summed E-state index contributed by atoms with van der Waals surface area (Å²) in [5.41, 5.74) is 1.33. The summed E-state index contributed by atoms with van der Waals surface area (Å²) in [6, 6.07) is 0. The molecule has 1 aliphatic heterocycles. The Kier molecular flexibility index (Phi) is 6.26. The van der Waals surface area contributed by atoms with E-state index in [1.165, 1.54) is 16.4 Å². The minimum absolute atomic E-state index is 0. The van der Waals surface area contributed by atoms with Crippen molar-refractivity contribution in [1.82, 2.24) is 0 Å². The van der Waals surface area contributed by atoms with E-state index in [-0.39, 0.29) is 21.1 Å². The van der Waals surface area contributed by atoms with Crippen LogP contribution in [-0.4, -0.2) is 17.8 Å². The van der Waals surface area contributed by atoms with Crippen LogP contribution in [-0.2, 0) is 21.1 Å². The Bertz CT molecular complexity index is 175. The number of rotatable bonds is 1. The SMILES string of the molecule is CC[C-]=C1CCSC1=NC.[W]. The van der Waals surface area contributed by atoms with E-state index in [2.05, 4.69) is 18.0 Å². The van der Waals surface area contributed by atoms with E-state index in [9.17, 15) is 0 Å². The molecule has 1 fully saturated rings. The first kappa shape index (κ1) is 11.4. The van der Waals surface area contributed by atoms with Gasteiger partial charge in [0.2, 0.25) is 0 Å².